The number of guanidine groups is 1. The van der Waals surface area contributed by atoms with Crippen molar-refractivity contribution < 1.29 is 4.74 Å². The SMILES string of the molecule is CCNC(=NCc1cccc(OC)n1)NCCn1cnnc1CC. The predicted octanol–water partition coefficient (Wildman–Crippen LogP) is 0.999. The van der Waals surface area contributed by atoms with Crippen molar-refractivity contribution in [3.8, 4) is 5.88 Å². The van der Waals surface area contributed by atoms with Crippen LogP contribution in [0.2, 0.25) is 0 Å². The third-order valence-corrected chi connectivity index (χ3v) is 3.39. The summed E-state index contributed by atoms with van der Waals surface area (Å²) >= 11 is 0. The Hall–Kier alpha value is -2.64. The second-order valence-corrected chi connectivity index (χ2v) is 5.09. The zero-order valence-electron chi connectivity index (χ0n) is 14.5. The van der Waals surface area contributed by atoms with Crippen LogP contribution in [0, 0.1) is 0 Å². The second kappa shape index (κ2) is 9.49. The molecule has 2 N–H and O–H groups in total. The molecular weight excluding hydrogens is 306 g/mol. The van der Waals surface area contributed by atoms with Crippen molar-refractivity contribution in [1.29, 1.82) is 0 Å². The van der Waals surface area contributed by atoms with E-state index in [1.165, 1.54) is 0 Å². The maximum atomic E-state index is 5.13. The summed E-state index contributed by atoms with van der Waals surface area (Å²) in [6, 6.07) is 5.66. The van der Waals surface area contributed by atoms with Crippen LogP contribution in [0.1, 0.15) is 25.4 Å². The summed E-state index contributed by atoms with van der Waals surface area (Å²) in [7, 11) is 1.61. The fraction of sp³-hybridized carbons (Fsp3) is 0.500. The van der Waals surface area contributed by atoms with Crippen molar-refractivity contribution >= 4 is 5.96 Å². The number of pyridine rings is 1. The van der Waals surface area contributed by atoms with Crippen LogP contribution in [-0.4, -0.2) is 45.9 Å². The number of nitrogens with one attached hydrogen (secondary N) is 2. The van der Waals surface area contributed by atoms with Gasteiger partial charge in [-0.25, -0.2) is 9.98 Å². The van der Waals surface area contributed by atoms with E-state index in [1.54, 1.807) is 13.4 Å². The van der Waals surface area contributed by atoms with Crippen LogP contribution >= 0.6 is 0 Å². The molecule has 2 aromatic rings. The molecule has 0 radical (unpaired) electrons. The van der Waals surface area contributed by atoms with Crippen molar-refractivity contribution in [3.05, 3.63) is 36.0 Å². The zero-order valence-corrected chi connectivity index (χ0v) is 14.5. The summed E-state index contributed by atoms with van der Waals surface area (Å²) in [4.78, 5) is 8.92. The summed E-state index contributed by atoms with van der Waals surface area (Å²) in [5, 5.41) is 14.6. The van der Waals surface area contributed by atoms with Crippen molar-refractivity contribution in [2.24, 2.45) is 4.99 Å². The van der Waals surface area contributed by atoms with E-state index >= 15 is 0 Å². The minimum absolute atomic E-state index is 0.485. The molecule has 0 fully saturated rings. The first-order valence-electron chi connectivity index (χ1n) is 8.15. The summed E-state index contributed by atoms with van der Waals surface area (Å²) in [6.45, 7) is 6.92. The Balaban J connectivity index is 1.90. The van der Waals surface area contributed by atoms with Crippen molar-refractivity contribution in [2.75, 3.05) is 20.2 Å². The highest BCUT2D eigenvalue weighted by Crippen LogP contribution is 2.07. The van der Waals surface area contributed by atoms with E-state index in [2.05, 4.69) is 37.7 Å². The Labute approximate surface area is 142 Å². The van der Waals surface area contributed by atoms with E-state index in [-0.39, 0.29) is 0 Å². The molecule has 130 valence electrons. The molecule has 0 amide bonds. The van der Waals surface area contributed by atoms with Crippen LogP contribution in [0.15, 0.2) is 29.5 Å². The molecule has 2 rings (SSSR count). The Morgan fingerprint density at radius 3 is 2.92 bits per heavy atom. The number of aryl methyl sites for hydroxylation is 1. The van der Waals surface area contributed by atoms with Gasteiger partial charge in [-0.05, 0) is 13.0 Å². The summed E-state index contributed by atoms with van der Waals surface area (Å²) in [6.07, 6.45) is 2.63. The minimum atomic E-state index is 0.485. The molecule has 0 bridgehead atoms. The highest BCUT2D eigenvalue weighted by molar-refractivity contribution is 5.79. The standard InChI is InChI=1S/C16H25N7O/c1-4-14-22-20-12-23(14)10-9-18-16(17-5-2)19-11-13-7-6-8-15(21-13)24-3/h6-8,12H,4-5,9-11H2,1-3H3,(H2,17,18,19). The van der Waals surface area contributed by atoms with Gasteiger partial charge in [-0.15, -0.1) is 10.2 Å². The molecule has 0 spiro atoms. The van der Waals surface area contributed by atoms with Gasteiger partial charge in [-0.3, -0.25) is 0 Å². The van der Waals surface area contributed by atoms with Gasteiger partial charge in [-0.1, -0.05) is 13.0 Å². The molecule has 0 aliphatic heterocycles. The van der Waals surface area contributed by atoms with E-state index in [1.807, 2.05) is 29.7 Å². The lowest BCUT2D eigenvalue weighted by atomic mass is 10.3. The van der Waals surface area contributed by atoms with Crippen LogP contribution in [0.25, 0.3) is 0 Å². The summed E-state index contributed by atoms with van der Waals surface area (Å²) in [5.74, 6) is 2.34. The maximum absolute atomic E-state index is 5.13. The van der Waals surface area contributed by atoms with E-state index < -0.39 is 0 Å². The molecular formula is C16H25N7O. The molecule has 0 unspecified atom stereocenters. The first-order valence-corrected chi connectivity index (χ1v) is 8.15. The highest BCUT2D eigenvalue weighted by Gasteiger charge is 2.03. The number of hydrogen-bond acceptors (Lipinski definition) is 5. The number of aliphatic imine (C=N–C) groups is 1. The van der Waals surface area contributed by atoms with Crippen LogP contribution in [-0.2, 0) is 19.5 Å². The molecule has 2 aromatic heterocycles. The van der Waals surface area contributed by atoms with Gasteiger partial charge in [0.15, 0.2) is 5.96 Å². The summed E-state index contributed by atoms with van der Waals surface area (Å²) < 4.78 is 7.17. The molecule has 8 heteroatoms. The monoisotopic (exact) mass is 331 g/mol. The Morgan fingerprint density at radius 2 is 2.17 bits per heavy atom. The van der Waals surface area contributed by atoms with Gasteiger partial charge in [0.1, 0.15) is 12.2 Å². The zero-order chi connectivity index (χ0) is 17.2. The molecule has 2 heterocycles. The molecule has 0 aliphatic rings. The van der Waals surface area contributed by atoms with E-state index in [4.69, 9.17) is 4.74 Å². The van der Waals surface area contributed by atoms with Gasteiger partial charge in [-0.2, -0.15) is 0 Å². The third-order valence-electron chi connectivity index (χ3n) is 3.39. The quantitative estimate of drug-likeness (QED) is 0.554. The number of hydrogen-bond donors (Lipinski definition) is 2. The largest absolute Gasteiger partial charge is 0.481 e. The van der Waals surface area contributed by atoms with Gasteiger partial charge in [0.2, 0.25) is 5.88 Å². The number of methoxy groups -OCH3 is 1. The van der Waals surface area contributed by atoms with Crippen LogP contribution in [0.4, 0.5) is 0 Å². The minimum Gasteiger partial charge on any atom is -0.481 e. The predicted molar refractivity (Wildman–Crippen MR) is 93.0 cm³/mol. The number of nitrogens with zero attached hydrogens (tertiary/aromatic N) is 5. The Morgan fingerprint density at radius 1 is 1.29 bits per heavy atom. The molecule has 8 nitrogen and oxygen atoms in total. The van der Waals surface area contributed by atoms with Gasteiger partial charge in [0, 0.05) is 32.1 Å². The second-order valence-electron chi connectivity index (χ2n) is 5.09. The lowest BCUT2D eigenvalue weighted by molar-refractivity contribution is 0.396. The van der Waals surface area contributed by atoms with Gasteiger partial charge >= 0.3 is 0 Å². The third kappa shape index (κ3) is 5.22. The smallest absolute Gasteiger partial charge is 0.213 e. The average Bonchev–Trinajstić information content (AvgIpc) is 3.07. The molecule has 0 aromatic carbocycles. The van der Waals surface area contributed by atoms with Crippen LogP contribution < -0.4 is 15.4 Å². The van der Waals surface area contributed by atoms with Crippen molar-refractivity contribution in [3.63, 3.8) is 0 Å². The Kier molecular flexibility index (Phi) is 7.00. The first kappa shape index (κ1) is 17.7. The fourth-order valence-electron chi connectivity index (χ4n) is 2.20. The van der Waals surface area contributed by atoms with Gasteiger partial charge in [0.05, 0.1) is 19.3 Å². The van der Waals surface area contributed by atoms with Crippen LogP contribution in [0.5, 0.6) is 5.88 Å². The fourth-order valence-corrected chi connectivity index (χ4v) is 2.20. The summed E-state index contributed by atoms with van der Waals surface area (Å²) in [5.41, 5.74) is 0.860. The van der Waals surface area contributed by atoms with Crippen molar-refractivity contribution in [1.82, 2.24) is 30.4 Å². The molecule has 0 saturated heterocycles. The van der Waals surface area contributed by atoms with Gasteiger partial charge in [0.25, 0.3) is 0 Å². The lowest BCUT2D eigenvalue weighted by Crippen LogP contribution is -2.39. The van der Waals surface area contributed by atoms with E-state index in [9.17, 15) is 0 Å². The topological polar surface area (TPSA) is 89.3 Å². The number of rotatable bonds is 8. The number of aromatic nitrogens is 4. The Bertz CT molecular complexity index is 653. The van der Waals surface area contributed by atoms with Crippen molar-refractivity contribution in [2.45, 2.75) is 33.4 Å². The average molecular weight is 331 g/mol. The lowest BCUT2D eigenvalue weighted by Gasteiger charge is -2.12. The highest BCUT2D eigenvalue weighted by atomic mass is 16.5. The van der Waals surface area contributed by atoms with Crippen LogP contribution in [0.3, 0.4) is 0 Å². The molecule has 0 saturated carbocycles. The number of ether oxygens (including phenoxy) is 1. The van der Waals surface area contributed by atoms with E-state index in [0.29, 0.717) is 12.4 Å². The van der Waals surface area contributed by atoms with Gasteiger partial charge < -0.3 is 19.9 Å². The molecule has 24 heavy (non-hydrogen) atoms. The first-order chi connectivity index (χ1) is 11.8. The maximum Gasteiger partial charge on any atom is 0.213 e. The molecule has 0 aliphatic carbocycles. The van der Waals surface area contributed by atoms with E-state index in [0.717, 1.165) is 43.5 Å². The molecule has 0 atom stereocenters. The normalized spacial score (nSPS) is 11.4.